The number of hydrogen-bond donors (Lipinski definition) is 1. The summed E-state index contributed by atoms with van der Waals surface area (Å²) in [6.07, 6.45) is 7.23. The molecule has 10 heteroatoms. The Morgan fingerprint density at radius 1 is 1.09 bits per heavy atom. The lowest BCUT2D eigenvalue weighted by atomic mass is 9.77. The molecule has 4 aliphatic heterocycles. The molecule has 236 valence electrons. The van der Waals surface area contributed by atoms with Crippen molar-refractivity contribution in [1.29, 1.82) is 0 Å². The van der Waals surface area contributed by atoms with E-state index in [1.165, 1.54) is 12.1 Å². The number of benzene rings is 2. The predicted molar refractivity (Wildman–Crippen MR) is 169 cm³/mol. The lowest BCUT2D eigenvalue weighted by molar-refractivity contribution is -0.124. The van der Waals surface area contributed by atoms with E-state index in [0.29, 0.717) is 52.0 Å². The number of hydrogen-bond acceptors (Lipinski definition) is 8. The van der Waals surface area contributed by atoms with E-state index in [9.17, 15) is 9.50 Å². The second-order valence-electron chi connectivity index (χ2n) is 13.8. The van der Waals surface area contributed by atoms with E-state index in [1.807, 2.05) is 6.92 Å². The highest BCUT2D eigenvalue weighted by Crippen LogP contribution is 2.44. The number of nitrogens with zero attached hydrogens (tertiary/aromatic N) is 5. The number of anilines is 1. The van der Waals surface area contributed by atoms with Crippen LogP contribution in [-0.2, 0) is 11.2 Å². The van der Waals surface area contributed by atoms with E-state index in [4.69, 9.17) is 14.5 Å². The first-order valence-corrected chi connectivity index (χ1v) is 16.3. The maximum atomic E-state index is 16.8. The van der Waals surface area contributed by atoms with E-state index in [1.54, 1.807) is 18.3 Å². The smallest absolute Gasteiger partial charge is 0.319 e. The molecule has 45 heavy (non-hydrogen) atoms. The van der Waals surface area contributed by atoms with E-state index in [0.717, 1.165) is 71.5 Å². The number of rotatable bonds is 6. The Kier molecular flexibility index (Phi) is 6.87. The Bertz CT molecular complexity index is 1800. The van der Waals surface area contributed by atoms with Gasteiger partial charge in [-0.1, -0.05) is 19.9 Å². The van der Waals surface area contributed by atoms with E-state index in [-0.39, 0.29) is 39.7 Å². The molecule has 4 saturated heterocycles. The summed E-state index contributed by atoms with van der Waals surface area (Å²) in [4.78, 5) is 18.9. The largest absolute Gasteiger partial charge is 0.508 e. The SMILES string of the molecule is CCc1c(F)ccc2cc(O)cc(-c3ncc4c(N5CCC6(CC5)COC6)nc(OC[C@@]56CCCN5C[C@H](C)C6)nc4c3F)c12. The number of piperidine rings is 1. The van der Waals surface area contributed by atoms with Gasteiger partial charge in [-0.2, -0.15) is 9.97 Å². The highest BCUT2D eigenvalue weighted by molar-refractivity contribution is 6.01. The third kappa shape index (κ3) is 4.71. The molecule has 8 rings (SSSR count). The van der Waals surface area contributed by atoms with Crippen LogP contribution in [0.5, 0.6) is 11.8 Å². The van der Waals surface area contributed by atoms with Gasteiger partial charge in [-0.3, -0.25) is 9.88 Å². The van der Waals surface area contributed by atoms with Gasteiger partial charge in [-0.05, 0) is 85.5 Å². The summed E-state index contributed by atoms with van der Waals surface area (Å²) < 4.78 is 43.8. The molecule has 4 aliphatic rings. The maximum absolute atomic E-state index is 16.8. The fourth-order valence-electron chi connectivity index (χ4n) is 8.44. The monoisotopic (exact) mass is 615 g/mol. The fraction of sp³-hybridized carbons (Fsp3) is 0.514. The molecule has 2 aromatic heterocycles. The molecular formula is C35H39F2N5O3. The van der Waals surface area contributed by atoms with Crippen LogP contribution in [0.4, 0.5) is 14.6 Å². The Balaban J connectivity index is 1.25. The van der Waals surface area contributed by atoms with E-state index in [2.05, 4.69) is 26.7 Å². The first kappa shape index (κ1) is 28.8. The summed E-state index contributed by atoms with van der Waals surface area (Å²) >= 11 is 0. The van der Waals surface area contributed by atoms with E-state index >= 15 is 4.39 Å². The zero-order valence-electron chi connectivity index (χ0n) is 25.9. The van der Waals surface area contributed by atoms with Crippen LogP contribution in [-0.4, -0.2) is 76.5 Å². The quantitative estimate of drug-likeness (QED) is 0.272. The molecule has 1 N–H and O–H groups in total. The summed E-state index contributed by atoms with van der Waals surface area (Å²) in [5, 5.41) is 12.2. The minimum absolute atomic E-state index is 0.00805. The molecule has 2 aromatic carbocycles. The second kappa shape index (κ2) is 10.7. The Labute approximate surface area is 261 Å². The minimum atomic E-state index is -0.643. The number of aromatic hydroxyl groups is 1. The number of fused-ring (bicyclic) bond motifs is 3. The number of halogens is 2. The molecular weight excluding hydrogens is 576 g/mol. The van der Waals surface area contributed by atoms with Crippen LogP contribution in [0.3, 0.4) is 0 Å². The van der Waals surface area contributed by atoms with Gasteiger partial charge >= 0.3 is 6.01 Å². The van der Waals surface area contributed by atoms with Crippen LogP contribution in [0.1, 0.15) is 51.5 Å². The lowest BCUT2D eigenvalue weighted by Gasteiger charge is -2.47. The third-order valence-electron chi connectivity index (χ3n) is 10.8. The van der Waals surface area contributed by atoms with Crippen molar-refractivity contribution < 1.29 is 23.4 Å². The van der Waals surface area contributed by atoms with Gasteiger partial charge in [0.25, 0.3) is 0 Å². The van der Waals surface area contributed by atoms with Crippen molar-refractivity contribution in [2.75, 3.05) is 50.9 Å². The molecule has 4 aromatic rings. The normalized spacial score (nSPS) is 24.4. The molecule has 0 saturated carbocycles. The van der Waals surface area contributed by atoms with Gasteiger partial charge in [0.15, 0.2) is 5.82 Å². The van der Waals surface area contributed by atoms with Gasteiger partial charge in [0, 0.05) is 36.8 Å². The second-order valence-corrected chi connectivity index (χ2v) is 13.8. The van der Waals surface area contributed by atoms with Crippen LogP contribution >= 0.6 is 0 Å². The zero-order valence-corrected chi connectivity index (χ0v) is 25.9. The summed E-state index contributed by atoms with van der Waals surface area (Å²) in [7, 11) is 0. The molecule has 0 unspecified atom stereocenters. The minimum Gasteiger partial charge on any atom is -0.508 e. The lowest BCUT2D eigenvalue weighted by Crippen LogP contribution is -2.51. The van der Waals surface area contributed by atoms with Gasteiger partial charge in [-0.15, -0.1) is 0 Å². The van der Waals surface area contributed by atoms with Gasteiger partial charge in [-0.25, -0.2) is 8.78 Å². The number of phenols is 1. The summed E-state index contributed by atoms with van der Waals surface area (Å²) in [6.45, 7) is 9.84. The van der Waals surface area contributed by atoms with Gasteiger partial charge in [0.1, 0.15) is 35.2 Å². The number of ether oxygens (including phenoxy) is 2. The predicted octanol–water partition coefficient (Wildman–Crippen LogP) is 6.26. The summed E-state index contributed by atoms with van der Waals surface area (Å²) in [6, 6.07) is 6.16. The molecule has 0 bridgehead atoms. The van der Waals surface area contributed by atoms with Crippen molar-refractivity contribution in [2.45, 2.75) is 57.9 Å². The summed E-state index contributed by atoms with van der Waals surface area (Å²) in [5.41, 5.74) is 1.08. The average Bonchev–Trinajstić information content (AvgIpc) is 3.55. The number of aromatic nitrogens is 3. The van der Waals surface area contributed by atoms with Crippen LogP contribution in [0.2, 0.25) is 0 Å². The van der Waals surface area contributed by atoms with Crippen molar-refractivity contribution in [3.05, 3.63) is 47.7 Å². The summed E-state index contributed by atoms with van der Waals surface area (Å²) in [5.74, 6) is 0.145. The molecule has 2 atom stereocenters. The van der Waals surface area contributed by atoms with Gasteiger partial charge in [0.2, 0.25) is 0 Å². The molecule has 0 amide bonds. The van der Waals surface area contributed by atoms with Crippen molar-refractivity contribution >= 4 is 27.5 Å². The molecule has 0 aliphatic carbocycles. The van der Waals surface area contributed by atoms with Crippen molar-refractivity contribution in [3.63, 3.8) is 0 Å². The van der Waals surface area contributed by atoms with Crippen molar-refractivity contribution in [3.8, 4) is 23.0 Å². The van der Waals surface area contributed by atoms with Crippen LogP contribution in [0.25, 0.3) is 32.9 Å². The first-order valence-electron chi connectivity index (χ1n) is 16.3. The number of pyridine rings is 1. The van der Waals surface area contributed by atoms with Crippen LogP contribution in [0.15, 0.2) is 30.5 Å². The highest BCUT2D eigenvalue weighted by atomic mass is 19.1. The standard InChI is InChI=1S/C35H39F2N5O3/c1-3-24-27(36)6-5-22-13-23(43)14-25(28(22)24)30-29(37)31-26(16-38-30)32(41-11-8-34(9-12-41)18-44-19-34)40-33(39-31)45-20-35-7-4-10-42(35)17-21(2)15-35/h5-6,13-14,16,21,43H,3-4,7-12,15,17-20H2,1-2H3/t21-,35+/m1/s1. The topological polar surface area (TPSA) is 83.8 Å². The van der Waals surface area contributed by atoms with Crippen LogP contribution < -0.4 is 9.64 Å². The van der Waals surface area contributed by atoms with Crippen LogP contribution in [0, 0.1) is 23.0 Å². The Morgan fingerprint density at radius 2 is 1.91 bits per heavy atom. The Hall–Kier alpha value is -3.63. The molecule has 0 radical (unpaired) electrons. The average molecular weight is 616 g/mol. The molecule has 4 fully saturated rings. The van der Waals surface area contributed by atoms with Crippen molar-refractivity contribution in [1.82, 2.24) is 19.9 Å². The van der Waals surface area contributed by atoms with E-state index < -0.39 is 5.82 Å². The zero-order chi connectivity index (χ0) is 30.9. The molecule has 1 spiro atoms. The third-order valence-corrected chi connectivity index (χ3v) is 10.8. The highest BCUT2D eigenvalue weighted by Gasteiger charge is 2.48. The van der Waals surface area contributed by atoms with Crippen molar-refractivity contribution in [2.24, 2.45) is 11.3 Å². The number of phenolic OH excluding ortho intramolecular Hbond substituents is 1. The Morgan fingerprint density at radius 3 is 2.67 bits per heavy atom. The number of aryl methyl sites for hydroxylation is 1. The maximum Gasteiger partial charge on any atom is 0.319 e. The van der Waals surface area contributed by atoms with Gasteiger partial charge < -0.3 is 19.5 Å². The first-order chi connectivity index (χ1) is 21.8. The van der Waals surface area contributed by atoms with Gasteiger partial charge in [0.05, 0.1) is 24.1 Å². The molecule has 8 nitrogen and oxygen atoms in total. The fourth-order valence-corrected chi connectivity index (χ4v) is 8.44. The molecule has 6 heterocycles.